The lowest BCUT2D eigenvalue weighted by atomic mass is 10.2. The highest BCUT2D eigenvalue weighted by Gasteiger charge is 2.11. The van der Waals surface area contributed by atoms with Crippen LogP contribution in [0.25, 0.3) is 15.3 Å². The highest BCUT2D eigenvalue weighted by Crippen LogP contribution is 2.25. The minimum atomic E-state index is 0.854. The average molecular weight is 272 g/mol. The molecule has 0 saturated heterocycles. The van der Waals surface area contributed by atoms with Gasteiger partial charge in [0.1, 0.15) is 0 Å². The van der Waals surface area contributed by atoms with Crippen molar-refractivity contribution < 1.29 is 0 Å². The van der Waals surface area contributed by atoms with E-state index in [4.69, 9.17) is 0 Å². The fraction of sp³-hybridized carbons (Fsp3) is 0.286. The zero-order valence-electron chi connectivity index (χ0n) is 11.1. The standard InChI is InChI=1S/C14H16N4S/c1-3-15-8-11-9-16-18(10(11)2)14-17-12-6-4-5-7-13(12)19-14/h4-7,9,15H,3,8H2,1-2H3. The van der Waals surface area contributed by atoms with Gasteiger partial charge in [-0.25, -0.2) is 9.67 Å². The second-order valence-electron chi connectivity index (χ2n) is 4.41. The number of hydrogen-bond donors (Lipinski definition) is 1. The van der Waals surface area contributed by atoms with Gasteiger partial charge in [-0.1, -0.05) is 30.4 Å². The minimum Gasteiger partial charge on any atom is -0.313 e. The largest absolute Gasteiger partial charge is 0.313 e. The molecular weight excluding hydrogens is 256 g/mol. The fourth-order valence-electron chi connectivity index (χ4n) is 2.02. The lowest BCUT2D eigenvalue weighted by Gasteiger charge is -2.02. The number of hydrogen-bond acceptors (Lipinski definition) is 4. The van der Waals surface area contributed by atoms with E-state index in [0.717, 1.165) is 29.4 Å². The third kappa shape index (κ3) is 2.27. The predicted octanol–water partition coefficient (Wildman–Crippen LogP) is 2.90. The molecule has 0 aliphatic heterocycles. The van der Waals surface area contributed by atoms with Crippen molar-refractivity contribution in [3.05, 3.63) is 41.7 Å². The van der Waals surface area contributed by atoms with Crippen molar-refractivity contribution in [3.8, 4) is 5.13 Å². The summed E-state index contributed by atoms with van der Waals surface area (Å²) in [7, 11) is 0. The summed E-state index contributed by atoms with van der Waals surface area (Å²) in [4.78, 5) is 4.64. The number of thiazole rings is 1. The van der Waals surface area contributed by atoms with Gasteiger partial charge in [0, 0.05) is 17.8 Å². The number of para-hydroxylation sites is 1. The van der Waals surface area contributed by atoms with Gasteiger partial charge < -0.3 is 5.32 Å². The molecule has 0 unspecified atom stereocenters. The zero-order chi connectivity index (χ0) is 13.2. The van der Waals surface area contributed by atoms with Crippen molar-refractivity contribution in [3.63, 3.8) is 0 Å². The molecule has 1 aromatic carbocycles. The number of fused-ring (bicyclic) bond motifs is 1. The van der Waals surface area contributed by atoms with Crippen molar-refractivity contribution in [1.82, 2.24) is 20.1 Å². The normalized spacial score (nSPS) is 11.3. The van der Waals surface area contributed by atoms with Gasteiger partial charge in [0.2, 0.25) is 5.13 Å². The molecule has 4 nitrogen and oxygen atoms in total. The Morgan fingerprint density at radius 2 is 2.16 bits per heavy atom. The van der Waals surface area contributed by atoms with Gasteiger partial charge in [0.15, 0.2) is 0 Å². The van der Waals surface area contributed by atoms with E-state index in [9.17, 15) is 0 Å². The topological polar surface area (TPSA) is 42.7 Å². The minimum absolute atomic E-state index is 0.854. The smallest absolute Gasteiger partial charge is 0.211 e. The molecule has 2 heterocycles. The zero-order valence-corrected chi connectivity index (χ0v) is 11.9. The highest BCUT2D eigenvalue weighted by molar-refractivity contribution is 7.20. The molecular formula is C14H16N4S. The summed E-state index contributed by atoms with van der Waals surface area (Å²) in [5.74, 6) is 0. The Morgan fingerprint density at radius 3 is 2.95 bits per heavy atom. The van der Waals surface area contributed by atoms with Crippen LogP contribution >= 0.6 is 11.3 Å². The Labute approximate surface area is 116 Å². The summed E-state index contributed by atoms with van der Waals surface area (Å²) >= 11 is 1.67. The molecule has 0 aliphatic carbocycles. The molecule has 19 heavy (non-hydrogen) atoms. The maximum atomic E-state index is 4.64. The molecule has 2 aromatic heterocycles. The number of rotatable bonds is 4. The van der Waals surface area contributed by atoms with Crippen molar-refractivity contribution in [2.75, 3.05) is 6.54 Å². The second kappa shape index (κ2) is 5.11. The first kappa shape index (κ1) is 12.3. The molecule has 0 aliphatic rings. The Bertz CT molecular complexity index is 665. The highest BCUT2D eigenvalue weighted by atomic mass is 32.1. The van der Waals surface area contributed by atoms with Crippen molar-refractivity contribution >= 4 is 21.6 Å². The summed E-state index contributed by atoms with van der Waals surface area (Å²) in [5, 5.41) is 8.72. The van der Waals surface area contributed by atoms with E-state index in [1.165, 1.54) is 10.3 Å². The molecule has 0 atom stereocenters. The van der Waals surface area contributed by atoms with Crippen LogP contribution in [-0.2, 0) is 6.54 Å². The summed E-state index contributed by atoms with van der Waals surface area (Å²) < 4.78 is 3.12. The van der Waals surface area contributed by atoms with Crippen LogP contribution in [-0.4, -0.2) is 21.3 Å². The first-order valence-electron chi connectivity index (χ1n) is 6.39. The van der Waals surface area contributed by atoms with Crippen LogP contribution in [0.1, 0.15) is 18.2 Å². The van der Waals surface area contributed by atoms with Gasteiger partial charge in [-0.3, -0.25) is 0 Å². The van der Waals surface area contributed by atoms with Crippen LogP contribution in [0.5, 0.6) is 0 Å². The van der Waals surface area contributed by atoms with Crippen molar-refractivity contribution in [2.24, 2.45) is 0 Å². The molecule has 98 valence electrons. The molecule has 3 aromatic rings. The third-order valence-electron chi connectivity index (χ3n) is 3.14. The quantitative estimate of drug-likeness (QED) is 0.794. The summed E-state index contributed by atoms with van der Waals surface area (Å²) in [6.45, 7) is 6.01. The van der Waals surface area contributed by atoms with E-state index in [0.29, 0.717) is 0 Å². The van der Waals surface area contributed by atoms with E-state index in [1.54, 1.807) is 11.3 Å². The molecule has 0 bridgehead atoms. The molecule has 0 radical (unpaired) electrons. The number of aromatic nitrogens is 3. The van der Waals surface area contributed by atoms with Crippen LogP contribution < -0.4 is 5.32 Å². The van der Waals surface area contributed by atoms with Crippen molar-refractivity contribution in [1.29, 1.82) is 0 Å². The Kier molecular flexibility index (Phi) is 3.31. The monoisotopic (exact) mass is 272 g/mol. The van der Waals surface area contributed by atoms with E-state index < -0.39 is 0 Å². The molecule has 1 N–H and O–H groups in total. The molecule has 3 rings (SSSR count). The van der Waals surface area contributed by atoms with Gasteiger partial charge in [-0.05, 0) is 25.6 Å². The molecule has 0 fully saturated rings. The van der Waals surface area contributed by atoms with Gasteiger partial charge in [-0.15, -0.1) is 0 Å². The maximum Gasteiger partial charge on any atom is 0.211 e. The van der Waals surface area contributed by atoms with Gasteiger partial charge in [0.05, 0.1) is 16.4 Å². The first-order valence-corrected chi connectivity index (χ1v) is 7.21. The SMILES string of the molecule is CCNCc1cnn(-c2nc3ccccc3s2)c1C. The van der Waals surface area contributed by atoms with Gasteiger partial charge >= 0.3 is 0 Å². The summed E-state index contributed by atoms with van der Waals surface area (Å²) in [6, 6.07) is 8.18. The van der Waals surface area contributed by atoms with Crippen LogP contribution in [0.4, 0.5) is 0 Å². The molecule has 0 spiro atoms. The molecule has 0 amide bonds. The fourth-order valence-corrected chi connectivity index (χ4v) is 3.00. The Balaban J connectivity index is 1.99. The first-order chi connectivity index (χ1) is 9.29. The van der Waals surface area contributed by atoms with Crippen molar-refractivity contribution in [2.45, 2.75) is 20.4 Å². The van der Waals surface area contributed by atoms with Gasteiger partial charge in [0.25, 0.3) is 0 Å². The number of nitrogens with one attached hydrogen (secondary N) is 1. The van der Waals surface area contributed by atoms with Crippen LogP contribution in [0, 0.1) is 6.92 Å². The molecule has 5 heteroatoms. The van der Waals surface area contributed by atoms with Crippen LogP contribution in [0.2, 0.25) is 0 Å². The van der Waals surface area contributed by atoms with Crippen LogP contribution in [0.3, 0.4) is 0 Å². The molecule has 0 saturated carbocycles. The maximum absolute atomic E-state index is 4.64. The van der Waals surface area contributed by atoms with Gasteiger partial charge in [-0.2, -0.15) is 5.10 Å². The Morgan fingerprint density at radius 1 is 1.32 bits per heavy atom. The number of nitrogens with zero attached hydrogens (tertiary/aromatic N) is 3. The number of benzene rings is 1. The summed E-state index contributed by atoms with van der Waals surface area (Å²) in [5.41, 5.74) is 3.41. The van der Waals surface area contributed by atoms with E-state index in [1.807, 2.05) is 29.1 Å². The van der Waals surface area contributed by atoms with E-state index in [2.05, 4.69) is 35.3 Å². The Hall–Kier alpha value is -1.72. The van der Waals surface area contributed by atoms with E-state index >= 15 is 0 Å². The lowest BCUT2D eigenvalue weighted by Crippen LogP contribution is -2.12. The van der Waals surface area contributed by atoms with E-state index in [-0.39, 0.29) is 0 Å². The average Bonchev–Trinajstić information content (AvgIpc) is 2.99. The predicted molar refractivity (Wildman–Crippen MR) is 78.9 cm³/mol. The lowest BCUT2D eigenvalue weighted by molar-refractivity contribution is 0.721. The second-order valence-corrected chi connectivity index (χ2v) is 5.42. The summed E-state index contributed by atoms with van der Waals surface area (Å²) in [6.07, 6.45) is 1.92. The third-order valence-corrected chi connectivity index (χ3v) is 4.15. The van der Waals surface area contributed by atoms with Crippen LogP contribution in [0.15, 0.2) is 30.5 Å².